The minimum Gasteiger partial charge on any atom is -0.481 e. The van der Waals surface area contributed by atoms with Gasteiger partial charge in [-0.15, -0.1) is 0 Å². The Hall–Kier alpha value is -1.81. The summed E-state index contributed by atoms with van der Waals surface area (Å²) < 4.78 is 5.94. The molecule has 0 radical (unpaired) electrons. The zero-order chi connectivity index (χ0) is 14.6. The summed E-state index contributed by atoms with van der Waals surface area (Å²) in [6.07, 6.45) is 0.891. The first-order chi connectivity index (χ1) is 10.2. The van der Waals surface area contributed by atoms with Crippen LogP contribution in [0.2, 0.25) is 0 Å². The molecule has 1 aromatic heterocycles. The van der Waals surface area contributed by atoms with Gasteiger partial charge in [0.2, 0.25) is 0 Å². The van der Waals surface area contributed by atoms with E-state index in [0.717, 1.165) is 37.4 Å². The number of furan rings is 1. The molecule has 1 aliphatic heterocycles. The molecule has 1 N–H and O–H groups in total. The van der Waals surface area contributed by atoms with E-state index in [1.807, 2.05) is 18.2 Å². The van der Waals surface area contributed by atoms with Crippen LogP contribution in [0.5, 0.6) is 0 Å². The van der Waals surface area contributed by atoms with E-state index in [4.69, 9.17) is 9.52 Å². The van der Waals surface area contributed by atoms with E-state index in [2.05, 4.69) is 17.9 Å². The fourth-order valence-electron chi connectivity index (χ4n) is 3.94. The maximum atomic E-state index is 11.0. The standard InChI is InChI=1S/C17H19NO3/c1-2-14-11(10-5-3-4-6-15(10)21-14)7-18-8-12-13(9-18)16(12)17(19)20/h3-6,12-13,16H,2,7-9H2,1H3,(H,19,20)/t12-,13+,16?. The van der Waals surface area contributed by atoms with Gasteiger partial charge < -0.3 is 9.52 Å². The van der Waals surface area contributed by atoms with Crippen molar-refractivity contribution in [3.63, 3.8) is 0 Å². The number of likely N-dealkylation sites (tertiary alicyclic amines) is 1. The Morgan fingerprint density at radius 3 is 2.71 bits per heavy atom. The third-order valence-electron chi connectivity index (χ3n) is 5.04. The predicted octanol–water partition coefficient (Wildman–Crippen LogP) is 2.76. The van der Waals surface area contributed by atoms with Crippen molar-refractivity contribution in [1.29, 1.82) is 0 Å². The summed E-state index contributed by atoms with van der Waals surface area (Å²) in [6, 6.07) is 8.17. The number of carbonyl (C=O) groups is 1. The van der Waals surface area contributed by atoms with Crippen LogP contribution in [0.4, 0.5) is 0 Å². The second kappa shape index (κ2) is 4.60. The summed E-state index contributed by atoms with van der Waals surface area (Å²) in [5.74, 6) is 1.09. The molecule has 110 valence electrons. The van der Waals surface area contributed by atoms with Crippen LogP contribution < -0.4 is 0 Å². The number of hydrogen-bond donors (Lipinski definition) is 1. The Labute approximate surface area is 123 Å². The lowest BCUT2D eigenvalue weighted by Gasteiger charge is -2.18. The second-order valence-electron chi connectivity index (χ2n) is 6.24. The largest absolute Gasteiger partial charge is 0.481 e. The van der Waals surface area contributed by atoms with Crippen LogP contribution >= 0.6 is 0 Å². The highest BCUT2D eigenvalue weighted by Gasteiger charge is 2.59. The minimum absolute atomic E-state index is 0.0898. The third-order valence-corrected chi connectivity index (χ3v) is 5.04. The summed E-state index contributed by atoms with van der Waals surface area (Å²) in [6.45, 7) is 4.80. The topological polar surface area (TPSA) is 53.7 Å². The van der Waals surface area contributed by atoms with Gasteiger partial charge in [0.25, 0.3) is 0 Å². The van der Waals surface area contributed by atoms with Crippen molar-refractivity contribution in [2.24, 2.45) is 17.8 Å². The number of carboxylic acids is 1. The molecule has 1 saturated carbocycles. The van der Waals surface area contributed by atoms with E-state index in [1.54, 1.807) is 0 Å². The highest BCUT2D eigenvalue weighted by atomic mass is 16.4. The van der Waals surface area contributed by atoms with E-state index in [-0.39, 0.29) is 5.92 Å². The second-order valence-corrected chi connectivity index (χ2v) is 6.24. The van der Waals surface area contributed by atoms with E-state index in [0.29, 0.717) is 11.8 Å². The number of hydrogen-bond acceptors (Lipinski definition) is 3. The van der Waals surface area contributed by atoms with Crippen molar-refractivity contribution in [2.75, 3.05) is 13.1 Å². The first-order valence-electron chi connectivity index (χ1n) is 7.63. The zero-order valence-electron chi connectivity index (χ0n) is 12.1. The van der Waals surface area contributed by atoms with Crippen LogP contribution in [-0.4, -0.2) is 29.1 Å². The Morgan fingerprint density at radius 1 is 1.33 bits per heavy atom. The minimum atomic E-state index is -0.618. The number of aryl methyl sites for hydroxylation is 1. The molecule has 1 aromatic carbocycles. The summed E-state index contributed by atoms with van der Waals surface area (Å²) in [5.41, 5.74) is 2.23. The molecule has 0 bridgehead atoms. The monoisotopic (exact) mass is 285 g/mol. The van der Waals surface area contributed by atoms with Crippen molar-refractivity contribution >= 4 is 16.9 Å². The summed E-state index contributed by atoms with van der Waals surface area (Å²) in [7, 11) is 0. The van der Waals surface area contributed by atoms with E-state index in [1.165, 1.54) is 10.9 Å². The molecule has 4 nitrogen and oxygen atoms in total. The van der Waals surface area contributed by atoms with Crippen LogP contribution in [0.25, 0.3) is 11.0 Å². The smallest absolute Gasteiger partial charge is 0.307 e. The molecule has 4 heteroatoms. The van der Waals surface area contributed by atoms with Gasteiger partial charge in [-0.3, -0.25) is 9.69 Å². The number of benzene rings is 1. The van der Waals surface area contributed by atoms with Crippen LogP contribution in [0.1, 0.15) is 18.2 Å². The SMILES string of the molecule is CCc1oc2ccccc2c1CN1C[C@@H]2C(C(=O)O)[C@@H]2C1. The predicted molar refractivity (Wildman–Crippen MR) is 79.0 cm³/mol. The maximum Gasteiger partial charge on any atom is 0.307 e. The fraction of sp³-hybridized carbons (Fsp3) is 0.471. The number of fused-ring (bicyclic) bond motifs is 2. The van der Waals surface area contributed by atoms with Gasteiger partial charge in [-0.25, -0.2) is 0 Å². The van der Waals surface area contributed by atoms with Crippen molar-refractivity contribution < 1.29 is 14.3 Å². The normalized spacial score (nSPS) is 28.0. The van der Waals surface area contributed by atoms with Gasteiger partial charge in [0, 0.05) is 37.0 Å². The Kier molecular flexibility index (Phi) is 2.82. The summed E-state index contributed by atoms with van der Waals surface area (Å²) in [4.78, 5) is 13.4. The molecule has 21 heavy (non-hydrogen) atoms. The average Bonchev–Trinajstić information content (AvgIpc) is 2.84. The van der Waals surface area contributed by atoms with Gasteiger partial charge in [-0.2, -0.15) is 0 Å². The first kappa shape index (κ1) is 12.9. The Morgan fingerprint density at radius 2 is 2.05 bits per heavy atom. The molecule has 1 saturated heterocycles. The van der Waals surface area contributed by atoms with Crippen molar-refractivity contribution in [1.82, 2.24) is 4.90 Å². The Bertz CT molecular complexity index is 693. The molecule has 1 aliphatic carbocycles. The van der Waals surface area contributed by atoms with Gasteiger partial charge in [0.1, 0.15) is 11.3 Å². The van der Waals surface area contributed by atoms with Crippen LogP contribution in [0.15, 0.2) is 28.7 Å². The van der Waals surface area contributed by atoms with Gasteiger partial charge >= 0.3 is 5.97 Å². The van der Waals surface area contributed by atoms with Crippen LogP contribution in [0, 0.1) is 17.8 Å². The molecule has 2 aromatic rings. The van der Waals surface area contributed by atoms with Gasteiger partial charge in [0.05, 0.1) is 5.92 Å². The number of aliphatic carboxylic acids is 1. The average molecular weight is 285 g/mol. The molecule has 4 rings (SSSR count). The third kappa shape index (κ3) is 1.97. The van der Waals surface area contributed by atoms with Crippen LogP contribution in [0.3, 0.4) is 0 Å². The van der Waals surface area contributed by atoms with Crippen molar-refractivity contribution in [3.8, 4) is 0 Å². The highest BCUT2D eigenvalue weighted by molar-refractivity contribution is 5.82. The lowest BCUT2D eigenvalue weighted by Crippen LogP contribution is -2.26. The summed E-state index contributed by atoms with van der Waals surface area (Å²) >= 11 is 0. The van der Waals surface area contributed by atoms with E-state index < -0.39 is 5.97 Å². The number of nitrogens with zero attached hydrogens (tertiary/aromatic N) is 1. The molecule has 2 aliphatic rings. The molecule has 0 amide bonds. The number of rotatable bonds is 4. The lowest BCUT2D eigenvalue weighted by molar-refractivity contribution is -0.139. The Balaban J connectivity index is 1.55. The van der Waals surface area contributed by atoms with Crippen molar-refractivity contribution in [2.45, 2.75) is 19.9 Å². The van der Waals surface area contributed by atoms with Gasteiger partial charge in [0.15, 0.2) is 0 Å². The van der Waals surface area contributed by atoms with Crippen LogP contribution in [-0.2, 0) is 17.8 Å². The van der Waals surface area contributed by atoms with Gasteiger partial charge in [-0.1, -0.05) is 25.1 Å². The quantitative estimate of drug-likeness (QED) is 0.938. The number of para-hydroxylation sites is 1. The molecular weight excluding hydrogens is 266 g/mol. The van der Waals surface area contributed by atoms with Gasteiger partial charge in [-0.05, 0) is 17.9 Å². The molecule has 2 fully saturated rings. The zero-order valence-corrected chi connectivity index (χ0v) is 12.1. The van der Waals surface area contributed by atoms with Crippen molar-refractivity contribution in [3.05, 3.63) is 35.6 Å². The highest BCUT2D eigenvalue weighted by Crippen LogP contribution is 2.52. The molecular formula is C17H19NO3. The lowest BCUT2D eigenvalue weighted by atomic mass is 10.1. The molecule has 0 spiro atoms. The number of carboxylic acid groups (broad SMARTS) is 1. The summed E-state index contributed by atoms with van der Waals surface area (Å²) in [5, 5.41) is 10.3. The molecule has 3 atom stereocenters. The van der Waals surface area contributed by atoms with E-state index in [9.17, 15) is 4.79 Å². The number of piperidine rings is 1. The van der Waals surface area contributed by atoms with E-state index >= 15 is 0 Å². The first-order valence-corrected chi connectivity index (χ1v) is 7.63. The maximum absolute atomic E-state index is 11.0. The fourth-order valence-corrected chi connectivity index (χ4v) is 3.94. The molecule has 1 unspecified atom stereocenters. The molecule has 2 heterocycles.